The van der Waals surface area contributed by atoms with E-state index in [1.54, 1.807) is 6.07 Å². The molecule has 10 nitrogen and oxygen atoms in total. The molecule has 0 bridgehead atoms. The van der Waals surface area contributed by atoms with Crippen molar-refractivity contribution in [3.63, 3.8) is 0 Å². The average molecular weight is 621 g/mol. The van der Waals surface area contributed by atoms with Gasteiger partial charge in [-0.2, -0.15) is 16.8 Å². The fourth-order valence-electron chi connectivity index (χ4n) is 4.86. The molecule has 0 spiro atoms. The molecule has 212 valence electrons. The molecule has 0 heterocycles. The van der Waals surface area contributed by atoms with E-state index in [0.29, 0.717) is 49.3 Å². The predicted molar refractivity (Wildman–Crippen MR) is 145 cm³/mol. The quantitative estimate of drug-likeness (QED) is 0.220. The minimum atomic E-state index is -4.01. The van der Waals surface area contributed by atoms with E-state index in [2.05, 4.69) is 0 Å². The van der Waals surface area contributed by atoms with Crippen molar-refractivity contribution in [1.29, 1.82) is 0 Å². The molecule has 0 aliphatic heterocycles. The molecule has 0 amide bonds. The zero-order valence-corrected chi connectivity index (χ0v) is 24.3. The molecule has 2 aromatic rings. The Labute approximate surface area is 237 Å². The highest BCUT2D eigenvalue weighted by Crippen LogP contribution is 2.43. The first kappa shape index (κ1) is 29.9. The second-order valence-corrected chi connectivity index (χ2v) is 13.2. The first-order valence-electron chi connectivity index (χ1n) is 12.0. The SMILES string of the molecule is CS(=O)(=O)OC1Cc2c(ccc3c2C(=O)c2ccc(OCCN(CCCl)CCCl)cc2C3=O)C1OS(C)(=O)=O. The summed E-state index contributed by atoms with van der Waals surface area (Å²) in [6.07, 6.45) is -0.997. The van der Waals surface area contributed by atoms with Crippen LogP contribution in [0.2, 0.25) is 0 Å². The van der Waals surface area contributed by atoms with Gasteiger partial charge in [0.2, 0.25) is 0 Å². The standard InChI is InChI=1S/C25H27Cl2NO9S2/c1-38(31,32)36-21-14-19-17(25(21)37-39(2,33)34)5-6-18-22(19)24(30)16-4-3-15(13-20(16)23(18)29)35-12-11-28(9-7-26)10-8-27/h3-6,13,21,25H,7-12,14H2,1-2H3. The number of fused-ring (bicyclic) bond motifs is 4. The van der Waals surface area contributed by atoms with E-state index in [4.69, 9.17) is 36.3 Å². The number of ether oxygens (including phenoxy) is 1. The number of rotatable bonds is 12. The van der Waals surface area contributed by atoms with Crippen molar-refractivity contribution in [2.75, 3.05) is 50.5 Å². The highest BCUT2D eigenvalue weighted by atomic mass is 35.5. The van der Waals surface area contributed by atoms with Crippen LogP contribution in [0.3, 0.4) is 0 Å². The summed E-state index contributed by atoms with van der Waals surface area (Å²) in [5, 5.41) is 0. The smallest absolute Gasteiger partial charge is 0.265 e. The van der Waals surface area contributed by atoms with Crippen LogP contribution in [0.25, 0.3) is 0 Å². The first-order valence-corrected chi connectivity index (χ1v) is 16.7. The van der Waals surface area contributed by atoms with E-state index in [9.17, 15) is 26.4 Å². The molecule has 0 N–H and O–H groups in total. The third-order valence-corrected chi connectivity index (χ3v) is 7.90. The van der Waals surface area contributed by atoms with E-state index < -0.39 is 44.0 Å². The van der Waals surface area contributed by atoms with Crippen LogP contribution >= 0.6 is 23.2 Å². The Morgan fingerprint density at radius 2 is 1.49 bits per heavy atom. The molecule has 0 radical (unpaired) electrons. The zero-order chi connectivity index (χ0) is 28.5. The number of ketones is 2. The maximum absolute atomic E-state index is 13.6. The Hall–Kier alpha value is -2.06. The highest BCUT2D eigenvalue weighted by molar-refractivity contribution is 7.86. The number of hydrogen-bond acceptors (Lipinski definition) is 10. The van der Waals surface area contributed by atoms with Crippen LogP contribution in [0.1, 0.15) is 49.1 Å². The molecular formula is C25H27Cl2NO9S2. The third kappa shape index (κ3) is 6.82. The van der Waals surface area contributed by atoms with Crippen molar-refractivity contribution in [1.82, 2.24) is 4.90 Å². The van der Waals surface area contributed by atoms with Crippen molar-refractivity contribution in [2.45, 2.75) is 18.6 Å². The summed E-state index contributed by atoms with van der Waals surface area (Å²) >= 11 is 11.6. The largest absolute Gasteiger partial charge is 0.492 e. The number of halogens is 2. The second kappa shape index (κ2) is 11.8. The van der Waals surface area contributed by atoms with Crippen LogP contribution in [-0.2, 0) is 35.0 Å². The van der Waals surface area contributed by atoms with Crippen LogP contribution in [0, 0.1) is 0 Å². The van der Waals surface area contributed by atoms with Crippen molar-refractivity contribution in [2.24, 2.45) is 0 Å². The molecule has 0 saturated heterocycles. The van der Waals surface area contributed by atoms with Gasteiger partial charge in [0.25, 0.3) is 20.2 Å². The maximum Gasteiger partial charge on any atom is 0.265 e. The molecule has 2 atom stereocenters. The van der Waals surface area contributed by atoms with Crippen LogP contribution in [-0.4, -0.2) is 89.9 Å². The lowest BCUT2D eigenvalue weighted by molar-refractivity contribution is 0.0780. The Bertz CT molecular complexity index is 1500. The van der Waals surface area contributed by atoms with Gasteiger partial charge >= 0.3 is 0 Å². The number of carbonyl (C=O) groups excluding carboxylic acids is 2. The number of benzene rings is 2. The van der Waals surface area contributed by atoms with Gasteiger partial charge in [-0.15, -0.1) is 23.2 Å². The summed E-state index contributed by atoms with van der Waals surface area (Å²) in [6, 6.07) is 7.50. The molecule has 0 fully saturated rings. The minimum Gasteiger partial charge on any atom is -0.492 e. The summed E-state index contributed by atoms with van der Waals surface area (Å²) in [5.74, 6) is 0.470. The van der Waals surface area contributed by atoms with Crippen molar-refractivity contribution in [3.8, 4) is 5.75 Å². The van der Waals surface area contributed by atoms with Gasteiger partial charge in [-0.25, -0.2) is 0 Å². The predicted octanol–water partition coefficient (Wildman–Crippen LogP) is 2.54. The van der Waals surface area contributed by atoms with E-state index in [1.807, 2.05) is 4.90 Å². The summed E-state index contributed by atoms with van der Waals surface area (Å²) in [4.78, 5) is 29.1. The fraction of sp³-hybridized carbons (Fsp3) is 0.440. The van der Waals surface area contributed by atoms with Crippen LogP contribution < -0.4 is 4.74 Å². The third-order valence-electron chi connectivity index (χ3n) is 6.41. The number of hydrogen-bond donors (Lipinski definition) is 0. The maximum atomic E-state index is 13.6. The Morgan fingerprint density at radius 1 is 0.846 bits per heavy atom. The van der Waals surface area contributed by atoms with Gasteiger partial charge in [0.1, 0.15) is 24.6 Å². The molecule has 2 aliphatic carbocycles. The van der Waals surface area contributed by atoms with Crippen molar-refractivity contribution in [3.05, 3.63) is 63.7 Å². The monoisotopic (exact) mass is 619 g/mol. The molecule has 14 heteroatoms. The van der Waals surface area contributed by atoms with E-state index in [-0.39, 0.29) is 34.2 Å². The van der Waals surface area contributed by atoms with Crippen molar-refractivity contribution >= 4 is 55.0 Å². The lowest BCUT2D eigenvalue weighted by atomic mass is 9.80. The van der Waals surface area contributed by atoms with Crippen LogP contribution in [0.4, 0.5) is 0 Å². The van der Waals surface area contributed by atoms with Gasteiger partial charge in [0, 0.05) is 60.1 Å². The van der Waals surface area contributed by atoms with Gasteiger partial charge < -0.3 is 4.74 Å². The lowest BCUT2D eigenvalue weighted by Crippen LogP contribution is -2.32. The lowest BCUT2D eigenvalue weighted by Gasteiger charge is -2.22. The molecule has 0 aromatic heterocycles. The van der Waals surface area contributed by atoms with Gasteiger partial charge in [-0.1, -0.05) is 6.07 Å². The fourth-order valence-corrected chi connectivity index (χ4v) is 6.56. The highest BCUT2D eigenvalue weighted by Gasteiger charge is 2.43. The summed E-state index contributed by atoms with van der Waals surface area (Å²) in [7, 11) is -8.00. The van der Waals surface area contributed by atoms with Crippen LogP contribution in [0.15, 0.2) is 30.3 Å². The average Bonchev–Trinajstić information content (AvgIpc) is 3.16. The normalized spacial score (nSPS) is 18.7. The van der Waals surface area contributed by atoms with Gasteiger partial charge in [-0.3, -0.25) is 22.9 Å². The van der Waals surface area contributed by atoms with E-state index >= 15 is 0 Å². The molecule has 0 saturated carbocycles. The Kier molecular flexibility index (Phi) is 9.06. The molecule has 2 unspecified atom stereocenters. The summed E-state index contributed by atoms with van der Waals surface area (Å²) in [6.45, 7) is 2.21. The Balaban J connectivity index is 1.64. The molecule has 2 aliphatic rings. The van der Waals surface area contributed by atoms with Gasteiger partial charge in [-0.05, 0) is 35.4 Å². The second-order valence-electron chi connectivity index (χ2n) is 9.25. The number of carbonyl (C=O) groups is 2. The van der Waals surface area contributed by atoms with Gasteiger partial charge in [0.05, 0.1) is 12.5 Å². The van der Waals surface area contributed by atoms with E-state index in [1.165, 1.54) is 24.3 Å². The number of alkyl halides is 2. The topological polar surface area (TPSA) is 133 Å². The molecule has 39 heavy (non-hydrogen) atoms. The van der Waals surface area contributed by atoms with Gasteiger partial charge in [0.15, 0.2) is 11.6 Å². The van der Waals surface area contributed by atoms with Crippen molar-refractivity contribution < 1.29 is 39.5 Å². The summed E-state index contributed by atoms with van der Waals surface area (Å²) < 4.78 is 63.6. The van der Waals surface area contributed by atoms with Crippen LogP contribution in [0.5, 0.6) is 5.75 Å². The zero-order valence-electron chi connectivity index (χ0n) is 21.2. The first-order chi connectivity index (χ1) is 18.3. The molecule has 4 rings (SSSR count). The minimum absolute atomic E-state index is 0.0816. The summed E-state index contributed by atoms with van der Waals surface area (Å²) in [5.41, 5.74) is 1.13. The van der Waals surface area contributed by atoms with E-state index in [0.717, 1.165) is 12.5 Å². The molecule has 2 aromatic carbocycles. The number of nitrogens with zero attached hydrogens (tertiary/aromatic N) is 1. The molecular weight excluding hydrogens is 593 g/mol. The Morgan fingerprint density at radius 3 is 2.10 bits per heavy atom.